The van der Waals surface area contributed by atoms with Crippen LogP contribution in [-0.4, -0.2) is 54.5 Å². The standard InChI is InChI=1S/C17H24N4O3S/c1-21(2)25(23,24)11-16(22)18-13-7-5-6-12(10-13)17-19-14-8-3-4-9-15(14)20-17/h3-4,8-9,12-13H,5-7,10-11H2,1-2H3,(H,18,22)(H,19,20)/t12-,13?/m0/s1. The molecule has 0 radical (unpaired) electrons. The Bertz CT molecular complexity index is 827. The van der Waals surface area contributed by atoms with Crippen molar-refractivity contribution in [2.75, 3.05) is 19.8 Å². The summed E-state index contributed by atoms with van der Waals surface area (Å²) < 4.78 is 24.7. The van der Waals surface area contributed by atoms with Gasteiger partial charge in [-0.25, -0.2) is 17.7 Å². The van der Waals surface area contributed by atoms with E-state index in [1.807, 2.05) is 24.3 Å². The van der Waals surface area contributed by atoms with E-state index in [-0.39, 0.29) is 12.0 Å². The van der Waals surface area contributed by atoms with Crippen LogP contribution in [0.4, 0.5) is 0 Å². The molecule has 1 aromatic heterocycles. The fourth-order valence-corrected chi connectivity index (χ4v) is 3.97. The lowest BCUT2D eigenvalue weighted by molar-refractivity contribution is -0.119. The van der Waals surface area contributed by atoms with Crippen LogP contribution in [0.2, 0.25) is 0 Å². The van der Waals surface area contributed by atoms with E-state index in [1.165, 1.54) is 14.1 Å². The van der Waals surface area contributed by atoms with Crippen molar-refractivity contribution in [2.45, 2.75) is 37.6 Å². The lowest BCUT2D eigenvalue weighted by Crippen LogP contribution is -2.42. The topological polar surface area (TPSA) is 95.2 Å². The molecule has 1 fully saturated rings. The number of rotatable bonds is 5. The summed E-state index contributed by atoms with van der Waals surface area (Å²) in [6.07, 6.45) is 3.63. The van der Waals surface area contributed by atoms with Crippen LogP contribution in [-0.2, 0) is 14.8 Å². The minimum absolute atomic E-state index is 0.0168. The van der Waals surface area contributed by atoms with E-state index in [9.17, 15) is 13.2 Å². The van der Waals surface area contributed by atoms with Gasteiger partial charge in [0.2, 0.25) is 15.9 Å². The molecule has 25 heavy (non-hydrogen) atoms. The number of aromatic nitrogens is 2. The van der Waals surface area contributed by atoms with Crippen LogP contribution in [0, 0.1) is 0 Å². The minimum Gasteiger partial charge on any atom is -0.352 e. The number of carbonyl (C=O) groups is 1. The van der Waals surface area contributed by atoms with E-state index in [0.29, 0.717) is 0 Å². The number of benzene rings is 1. The molecule has 8 heteroatoms. The van der Waals surface area contributed by atoms with Crippen molar-refractivity contribution < 1.29 is 13.2 Å². The first-order valence-corrected chi connectivity index (χ1v) is 10.1. The summed E-state index contributed by atoms with van der Waals surface area (Å²) >= 11 is 0. The van der Waals surface area contributed by atoms with Gasteiger partial charge in [-0.2, -0.15) is 0 Å². The van der Waals surface area contributed by atoms with Crippen molar-refractivity contribution in [2.24, 2.45) is 0 Å². The van der Waals surface area contributed by atoms with Gasteiger partial charge in [-0.3, -0.25) is 4.79 Å². The Morgan fingerprint density at radius 2 is 2.08 bits per heavy atom. The molecule has 1 heterocycles. The number of nitrogens with zero attached hydrogens (tertiary/aromatic N) is 2. The van der Waals surface area contributed by atoms with Gasteiger partial charge in [-0.15, -0.1) is 0 Å². The number of H-pyrrole nitrogens is 1. The van der Waals surface area contributed by atoms with Crippen molar-refractivity contribution in [1.82, 2.24) is 19.6 Å². The fraction of sp³-hybridized carbons (Fsp3) is 0.529. The third kappa shape index (κ3) is 4.19. The molecule has 3 rings (SSSR count). The molecule has 136 valence electrons. The van der Waals surface area contributed by atoms with Gasteiger partial charge in [0.05, 0.1) is 11.0 Å². The van der Waals surface area contributed by atoms with E-state index in [4.69, 9.17) is 0 Å². The van der Waals surface area contributed by atoms with Gasteiger partial charge in [-0.05, 0) is 31.4 Å². The third-order valence-electron chi connectivity index (χ3n) is 4.70. The first-order valence-electron chi connectivity index (χ1n) is 8.49. The minimum atomic E-state index is -3.53. The van der Waals surface area contributed by atoms with Gasteiger partial charge in [0.25, 0.3) is 0 Å². The maximum atomic E-state index is 12.1. The van der Waals surface area contributed by atoms with E-state index in [0.717, 1.165) is 46.8 Å². The van der Waals surface area contributed by atoms with Crippen LogP contribution in [0.25, 0.3) is 11.0 Å². The number of imidazole rings is 1. The number of amides is 1. The molecule has 1 amide bonds. The van der Waals surface area contributed by atoms with E-state index < -0.39 is 21.7 Å². The van der Waals surface area contributed by atoms with E-state index >= 15 is 0 Å². The van der Waals surface area contributed by atoms with Crippen molar-refractivity contribution in [3.63, 3.8) is 0 Å². The highest BCUT2D eigenvalue weighted by Gasteiger charge is 2.28. The van der Waals surface area contributed by atoms with Crippen LogP contribution in [0.3, 0.4) is 0 Å². The molecule has 1 aliphatic rings. The Morgan fingerprint density at radius 3 is 2.80 bits per heavy atom. The number of hydrogen-bond acceptors (Lipinski definition) is 4. The second-order valence-electron chi connectivity index (χ2n) is 6.81. The first kappa shape index (κ1) is 17.9. The quantitative estimate of drug-likeness (QED) is 0.842. The average Bonchev–Trinajstić information content (AvgIpc) is 2.98. The molecule has 7 nitrogen and oxygen atoms in total. The highest BCUT2D eigenvalue weighted by Crippen LogP contribution is 2.32. The molecular weight excluding hydrogens is 340 g/mol. The zero-order chi connectivity index (χ0) is 18.0. The predicted molar refractivity (Wildman–Crippen MR) is 96.7 cm³/mol. The predicted octanol–water partition coefficient (Wildman–Crippen LogP) is 1.60. The lowest BCUT2D eigenvalue weighted by Gasteiger charge is -2.28. The molecule has 1 aliphatic carbocycles. The van der Waals surface area contributed by atoms with Crippen molar-refractivity contribution >= 4 is 27.0 Å². The molecule has 0 aliphatic heterocycles. The van der Waals surface area contributed by atoms with Gasteiger partial charge >= 0.3 is 0 Å². The maximum absolute atomic E-state index is 12.1. The summed E-state index contributed by atoms with van der Waals surface area (Å²) in [6, 6.07) is 7.89. The van der Waals surface area contributed by atoms with Crippen LogP contribution in [0.1, 0.15) is 37.4 Å². The Labute approximate surface area is 147 Å². The number of para-hydroxylation sites is 2. The number of hydrogen-bond donors (Lipinski definition) is 2. The molecule has 1 aromatic carbocycles. The van der Waals surface area contributed by atoms with Crippen LogP contribution in [0.15, 0.2) is 24.3 Å². The summed E-state index contributed by atoms with van der Waals surface area (Å²) in [7, 11) is -0.666. The molecule has 0 saturated heterocycles. The highest BCUT2D eigenvalue weighted by molar-refractivity contribution is 7.89. The van der Waals surface area contributed by atoms with Crippen LogP contribution < -0.4 is 5.32 Å². The first-order chi connectivity index (χ1) is 11.8. The molecule has 1 unspecified atom stereocenters. The van der Waals surface area contributed by atoms with Gasteiger partial charge < -0.3 is 10.3 Å². The molecule has 2 atom stereocenters. The highest BCUT2D eigenvalue weighted by atomic mass is 32.2. The van der Waals surface area contributed by atoms with Crippen molar-refractivity contribution in [3.8, 4) is 0 Å². The smallest absolute Gasteiger partial charge is 0.236 e. The van der Waals surface area contributed by atoms with Gasteiger partial charge in [0.1, 0.15) is 11.6 Å². The number of sulfonamides is 1. The van der Waals surface area contributed by atoms with Crippen molar-refractivity contribution in [1.29, 1.82) is 0 Å². The number of nitrogens with one attached hydrogen (secondary N) is 2. The Balaban J connectivity index is 1.64. The fourth-order valence-electron chi connectivity index (χ4n) is 3.30. The summed E-state index contributed by atoms with van der Waals surface area (Å²) in [5.74, 6) is 0.244. The second-order valence-corrected chi connectivity index (χ2v) is 8.99. The Morgan fingerprint density at radius 1 is 1.32 bits per heavy atom. The molecule has 2 aromatic rings. The van der Waals surface area contributed by atoms with Gasteiger partial charge in [0.15, 0.2) is 0 Å². The largest absolute Gasteiger partial charge is 0.352 e. The maximum Gasteiger partial charge on any atom is 0.236 e. The molecule has 0 spiro atoms. The van der Waals surface area contributed by atoms with Crippen LogP contribution >= 0.6 is 0 Å². The zero-order valence-corrected chi connectivity index (χ0v) is 15.3. The average molecular weight is 364 g/mol. The number of fused-ring (bicyclic) bond motifs is 1. The van der Waals surface area contributed by atoms with Crippen molar-refractivity contribution in [3.05, 3.63) is 30.1 Å². The van der Waals surface area contributed by atoms with Gasteiger partial charge in [0, 0.05) is 26.1 Å². The number of carbonyl (C=O) groups excluding carboxylic acids is 1. The van der Waals surface area contributed by atoms with E-state index in [2.05, 4.69) is 15.3 Å². The monoisotopic (exact) mass is 364 g/mol. The normalized spacial score (nSPS) is 21.6. The van der Waals surface area contributed by atoms with E-state index in [1.54, 1.807) is 0 Å². The molecule has 1 saturated carbocycles. The SMILES string of the molecule is CN(C)S(=O)(=O)CC(=O)NC1CCC[C@H](c2nc3ccccc3[nH]2)C1. The summed E-state index contributed by atoms with van der Waals surface area (Å²) in [4.78, 5) is 20.1. The molecule has 2 N–H and O–H groups in total. The number of aromatic amines is 1. The molecule has 0 bridgehead atoms. The third-order valence-corrected chi connectivity index (χ3v) is 6.44. The summed E-state index contributed by atoms with van der Waals surface area (Å²) in [5, 5.41) is 2.88. The van der Waals surface area contributed by atoms with Gasteiger partial charge in [-0.1, -0.05) is 18.6 Å². The molecular formula is C17H24N4O3S. The zero-order valence-electron chi connectivity index (χ0n) is 14.5. The summed E-state index contributed by atoms with van der Waals surface area (Å²) in [5.41, 5.74) is 1.96. The summed E-state index contributed by atoms with van der Waals surface area (Å²) in [6.45, 7) is 0. The Hall–Kier alpha value is -1.93. The Kier molecular flexibility index (Phi) is 5.10. The van der Waals surface area contributed by atoms with Crippen LogP contribution in [0.5, 0.6) is 0 Å². The second kappa shape index (κ2) is 7.13. The lowest BCUT2D eigenvalue weighted by atomic mass is 9.85.